The first-order valence-corrected chi connectivity index (χ1v) is 7.47. The average molecular weight is 273 g/mol. The number of rotatable bonds is 1. The summed E-state index contributed by atoms with van der Waals surface area (Å²) in [6, 6.07) is 6.46. The Bertz CT molecular complexity index is 528. The van der Waals surface area contributed by atoms with Gasteiger partial charge in [0.25, 0.3) is 5.91 Å². The largest absolute Gasteiger partial charge is 0.398 e. The number of anilines is 1. The summed E-state index contributed by atoms with van der Waals surface area (Å²) in [5, 5.41) is 0. The van der Waals surface area contributed by atoms with Crippen LogP contribution in [-0.4, -0.2) is 47.4 Å². The molecule has 2 unspecified atom stereocenters. The summed E-state index contributed by atoms with van der Waals surface area (Å²) in [4.78, 5) is 17.3. The first-order valence-electron chi connectivity index (χ1n) is 7.47. The Balaban J connectivity index is 1.80. The predicted molar refractivity (Wildman–Crippen MR) is 80.7 cm³/mol. The van der Waals surface area contributed by atoms with E-state index in [0.29, 0.717) is 17.3 Å². The molecular weight excluding hydrogens is 250 g/mol. The summed E-state index contributed by atoms with van der Waals surface area (Å²) in [6.45, 7) is 7.15. The number of fused-ring (bicyclic) bond motifs is 1. The number of amides is 1. The van der Waals surface area contributed by atoms with Crippen LogP contribution >= 0.6 is 0 Å². The Hall–Kier alpha value is -1.55. The van der Waals surface area contributed by atoms with Gasteiger partial charge in [-0.25, -0.2) is 0 Å². The Labute approximate surface area is 120 Å². The number of nitrogen functional groups attached to an aromatic ring is 1. The van der Waals surface area contributed by atoms with Crippen LogP contribution in [0.2, 0.25) is 0 Å². The van der Waals surface area contributed by atoms with Crippen molar-refractivity contribution in [3.8, 4) is 0 Å². The molecule has 0 radical (unpaired) electrons. The lowest BCUT2D eigenvalue weighted by Crippen LogP contribution is -2.56. The maximum absolute atomic E-state index is 12.7. The number of nitrogens with zero attached hydrogens (tertiary/aromatic N) is 2. The van der Waals surface area contributed by atoms with Gasteiger partial charge in [0.1, 0.15) is 0 Å². The Morgan fingerprint density at radius 3 is 2.90 bits per heavy atom. The van der Waals surface area contributed by atoms with E-state index in [1.165, 1.54) is 19.4 Å². The first kappa shape index (κ1) is 13.4. The van der Waals surface area contributed by atoms with E-state index >= 15 is 0 Å². The van der Waals surface area contributed by atoms with E-state index in [0.717, 1.165) is 18.7 Å². The van der Waals surface area contributed by atoms with Crippen molar-refractivity contribution in [1.29, 1.82) is 0 Å². The van der Waals surface area contributed by atoms with Crippen LogP contribution in [0.5, 0.6) is 0 Å². The Kier molecular flexibility index (Phi) is 3.42. The van der Waals surface area contributed by atoms with Crippen LogP contribution in [0.1, 0.15) is 35.7 Å². The molecular formula is C16H23N3O. The molecule has 0 saturated carbocycles. The quantitative estimate of drug-likeness (QED) is 0.795. The summed E-state index contributed by atoms with van der Waals surface area (Å²) in [5.41, 5.74) is 8.36. The number of benzene rings is 1. The van der Waals surface area contributed by atoms with E-state index in [-0.39, 0.29) is 11.9 Å². The van der Waals surface area contributed by atoms with E-state index < -0.39 is 0 Å². The van der Waals surface area contributed by atoms with Gasteiger partial charge in [0.05, 0.1) is 0 Å². The van der Waals surface area contributed by atoms with E-state index in [9.17, 15) is 4.79 Å². The lowest BCUT2D eigenvalue weighted by atomic mass is 10.0. The third kappa shape index (κ3) is 2.29. The number of hydrogen-bond donors (Lipinski definition) is 1. The molecule has 1 aromatic rings. The molecule has 1 aromatic carbocycles. The monoisotopic (exact) mass is 273 g/mol. The number of carbonyl (C=O) groups is 1. The molecule has 20 heavy (non-hydrogen) atoms. The molecule has 2 aliphatic heterocycles. The van der Waals surface area contributed by atoms with Gasteiger partial charge in [-0.1, -0.05) is 6.07 Å². The molecule has 2 fully saturated rings. The molecule has 2 aliphatic rings. The minimum atomic E-state index is 0.121. The van der Waals surface area contributed by atoms with Crippen molar-refractivity contribution in [3.05, 3.63) is 29.3 Å². The van der Waals surface area contributed by atoms with Gasteiger partial charge in [0.2, 0.25) is 0 Å². The van der Waals surface area contributed by atoms with Gasteiger partial charge in [-0.15, -0.1) is 0 Å². The fraction of sp³-hybridized carbons (Fsp3) is 0.562. The zero-order valence-electron chi connectivity index (χ0n) is 12.3. The van der Waals surface area contributed by atoms with Gasteiger partial charge in [0.15, 0.2) is 0 Å². The molecule has 2 heterocycles. The topological polar surface area (TPSA) is 49.6 Å². The minimum Gasteiger partial charge on any atom is -0.398 e. The molecule has 0 bridgehead atoms. The first-order chi connectivity index (χ1) is 9.56. The number of aryl methyl sites for hydroxylation is 1. The predicted octanol–water partition coefficient (Wildman–Crippen LogP) is 1.89. The highest BCUT2D eigenvalue weighted by molar-refractivity contribution is 5.95. The van der Waals surface area contributed by atoms with E-state index in [2.05, 4.69) is 11.8 Å². The number of hydrogen-bond acceptors (Lipinski definition) is 3. The average Bonchev–Trinajstić information content (AvgIpc) is 2.87. The molecule has 2 saturated heterocycles. The fourth-order valence-corrected chi connectivity index (χ4v) is 3.41. The zero-order valence-corrected chi connectivity index (χ0v) is 12.3. The van der Waals surface area contributed by atoms with Crippen LogP contribution in [-0.2, 0) is 0 Å². The molecule has 2 atom stereocenters. The standard InChI is InChI=1S/C16H23N3O/c1-11-5-6-13(8-15(11)17)16(20)19-10-14-4-3-7-18(14)9-12(19)2/h5-6,8,12,14H,3-4,7,9-10,17H2,1-2H3. The van der Waals surface area contributed by atoms with Gasteiger partial charge in [-0.05, 0) is 50.9 Å². The lowest BCUT2D eigenvalue weighted by molar-refractivity contribution is 0.0395. The van der Waals surface area contributed by atoms with Crippen molar-refractivity contribution >= 4 is 11.6 Å². The Morgan fingerprint density at radius 1 is 1.35 bits per heavy atom. The molecule has 1 amide bonds. The summed E-state index contributed by atoms with van der Waals surface area (Å²) in [7, 11) is 0. The normalized spacial score (nSPS) is 26.6. The number of carbonyl (C=O) groups excluding carboxylic acids is 1. The van der Waals surface area contributed by atoms with E-state index in [1.807, 2.05) is 30.0 Å². The van der Waals surface area contributed by atoms with Crippen LogP contribution < -0.4 is 5.73 Å². The van der Waals surface area contributed by atoms with Crippen LogP contribution in [0, 0.1) is 6.92 Å². The van der Waals surface area contributed by atoms with Crippen LogP contribution in [0.15, 0.2) is 18.2 Å². The molecule has 3 rings (SSSR count). The minimum absolute atomic E-state index is 0.121. The van der Waals surface area contributed by atoms with Gasteiger partial charge in [0, 0.05) is 36.4 Å². The second-order valence-electron chi connectivity index (χ2n) is 6.17. The molecule has 0 aromatic heterocycles. The van der Waals surface area contributed by atoms with Crippen LogP contribution in [0.25, 0.3) is 0 Å². The molecule has 0 spiro atoms. The maximum atomic E-state index is 12.7. The third-order valence-electron chi connectivity index (χ3n) is 4.72. The van der Waals surface area contributed by atoms with Gasteiger partial charge in [-0.2, -0.15) is 0 Å². The van der Waals surface area contributed by atoms with Gasteiger partial charge < -0.3 is 10.6 Å². The van der Waals surface area contributed by atoms with Crippen molar-refractivity contribution < 1.29 is 4.79 Å². The van der Waals surface area contributed by atoms with Crippen LogP contribution in [0.4, 0.5) is 5.69 Å². The highest BCUT2D eigenvalue weighted by Crippen LogP contribution is 2.26. The number of piperazine rings is 1. The van der Waals surface area contributed by atoms with Gasteiger partial charge in [-0.3, -0.25) is 9.69 Å². The van der Waals surface area contributed by atoms with E-state index in [4.69, 9.17) is 5.73 Å². The fourth-order valence-electron chi connectivity index (χ4n) is 3.41. The highest BCUT2D eigenvalue weighted by atomic mass is 16.2. The van der Waals surface area contributed by atoms with Crippen molar-refractivity contribution in [2.24, 2.45) is 0 Å². The Morgan fingerprint density at radius 2 is 2.15 bits per heavy atom. The molecule has 2 N–H and O–H groups in total. The maximum Gasteiger partial charge on any atom is 0.254 e. The van der Waals surface area contributed by atoms with Crippen molar-refractivity contribution in [2.75, 3.05) is 25.4 Å². The molecule has 0 aliphatic carbocycles. The molecule has 4 heteroatoms. The summed E-state index contributed by atoms with van der Waals surface area (Å²) < 4.78 is 0. The van der Waals surface area contributed by atoms with Crippen molar-refractivity contribution in [2.45, 2.75) is 38.8 Å². The second kappa shape index (κ2) is 5.09. The van der Waals surface area contributed by atoms with Crippen molar-refractivity contribution in [1.82, 2.24) is 9.80 Å². The van der Waals surface area contributed by atoms with Crippen molar-refractivity contribution in [3.63, 3.8) is 0 Å². The second-order valence-corrected chi connectivity index (χ2v) is 6.17. The van der Waals surface area contributed by atoms with Gasteiger partial charge >= 0.3 is 0 Å². The summed E-state index contributed by atoms with van der Waals surface area (Å²) in [6.07, 6.45) is 2.48. The van der Waals surface area contributed by atoms with E-state index in [1.54, 1.807) is 0 Å². The number of nitrogens with two attached hydrogens (primary N) is 1. The summed E-state index contributed by atoms with van der Waals surface area (Å²) >= 11 is 0. The SMILES string of the molecule is Cc1ccc(C(=O)N2CC3CCCN3CC2C)cc1N. The zero-order chi connectivity index (χ0) is 14.3. The van der Waals surface area contributed by atoms with Crippen LogP contribution in [0.3, 0.4) is 0 Å². The molecule has 4 nitrogen and oxygen atoms in total. The lowest BCUT2D eigenvalue weighted by Gasteiger charge is -2.42. The molecule has 108 valence electrons. The summed E-state index contributed by atoms with van der Waals surface area (Å²) in [5.74, 6) is 0.121. The third-order valence-corrected chi connectivity index (χ3v) is 4.72. The smallest absolute Gasteiger partial charge is 0.254 e. The highest BCUT2D eigenvalue weighted by Gasteiger charge is 2.36.